The van der Waals surface area contributed by atoms with Crippen molar-refractivity contribution in [1.29, 1.82) is 0 Å². The summed E-state index contributed by atoms with van der Waals surface area (Å²) in [5.74, 6) is -0.553. The molecule has 0 atom stereocenters. The van der Waals surface area contributed by atoms with E-state index < -0.39 is 17.2 Å². The Morgan fingerprint density at radius 3 is 2.52 bits per heavy atom. The summed E-state index contributed by atoms with van der Waals surface area (Å²) in [7, 11) is 0. The van der Waals surface area contributed by atoms with Crippen molar-refractivity contribution in [2.45, 2.75) is 0 Å². The Morgan fingerprint density at radius 2 is 1.68 bits per heavy atom. The molecule has 0 saturated carbocycles. The van der Waals surface area contributed by atoms with Gasteiger partial charge >= 0.3 is 5.69 Å². The second kappa shape index (κ2) is 7.07. The molecule has 7 nitrogen and oxygen atoms in total. The second-order valence-electron chi connectivity index (χ2n) is 7.12. The van der Waals surface area contributed by atoms with Gasteiger partial charge < -0.3 is 10.7 Å². The van der Waals surface area contributed by atoms with Crippen molar-refractivity contribution in [2.75, 3.05) is 0 Å². The Labute approximate surface area is 175 Å². The smallest absolute Gasteiger partial charge is 0.333 e. The number of carbonyl (C=O) groups excluding carboxylic acids is 1. The van der Waals surface area contributed by atoms with Crippen LogP contribution in [0.25, 0.3) is 38.5 Å². The van der Waals surface area contributed by atoms with E-state index in [1.54, 1.807) is 48.7 Å². The summed E-state index contributed by atoms with van der Waals surface area (Å²) in [4.78, 5) is 44.9. The summed E-state index contributed by atoms with van der Waals surface area (Å²) in [5, 5.41) is 1.91. The summed E-state index contributed by atoms with van der Waals surface area (Å²) < 4.78 is 1.09. The van der Waals surface area contributed by atoms with Crippen LogP contribution in [0.3, 0.4) is 0 Å². The summed E-state index contributed by atoms with van der Waals surface area (Å²) >= 11 is 0. The lowest BCUT2D eigenvalue weighted by atomic mass is 9.98. The number of hydrogen-bond acceptors (Lipinski definition) is 4. The van der Waals surface area contributed by atoms with Gasteiger partial charge in [-0.25, -0.2) is 9.36 Å². The Hall–Kier alpha value is -4.52. The Bertz CT molecular complexity index is 1610. The van der Waals surface area contributed by atoms with Gasteiger partial charge in [-0.3, -0.25) is 14.6 Å². The molecule has 150 valence electrons. The molecule has 5 rings (SSSR count). The normalized spacial score (nSPS) is 11.1. The van der Waals surface area contributed by atoms with Crippen molar-refractivity contribution < 1.29 is 4.79 Å². The van der Waals surface area contributed by atoms with E-state index in [-0.39, 0.29) is 0 Å². The fraction of sp³-hybridized carbons (Fsp3) is 0. The number of primary amides is 1. The zero-order chi connectivity index (χ0) is 21.5. The number of nitrogens with one attached hydrogen (secondary N) is 1. The lowest BCUT2D eigenvalue weighted by molar-refractivity contribution is 0.100. The summed E-state index contributed by atoms with van der Waals surface area (Å²) in [5.41, 5.74) is 6.90. The van der Waals surface area contributed by atoms with Crippen molar-refractivity contribution in [3.8, 4) is 16.8 Å². The average molecular weight is 408 g/mol. The molecule has 0 spiro atoms. The van der Waals surface area contributed by atoms with Gasteiger partial charge in [-0.05, 0) is 29.3 Å². The van der Waals surface area contributed by atoms with Crippen LogP contribution in [0.1, 0.15) is 10.4 Å². The maximum Gasteiger partial charge on any atom is 0.333 e. The number of nitrogens with zero attached hydrogens (tertiary/aromatic N) is 2. The number of benzene rings is 3. The van der Waals surface area contributed by atoms with Crippen molar-refractivity contribution in [1.82, 2.24) is 14.5 Å². The molecule has 0 aliphatic rings. The first-order chi connectivity index (χ1) is 15.0. The summed E-state index contributed by atoms with van der Waals surface area (Å²) in [6, 6.07) is 19.4. The molecule has 0 unspecified atom stereocenters. The molecular weight excluding hydrogens is 392 g/mol. The van der Waals surface area contributed by atoms with Crippen molar-refractivity contribution in [3.63, 3.8) is 0 Å². The third kappa shape index (κ3) is 3.00. The molecule has 5 aromatic rings. The van der Waals surface area contributed by atoms with Gasteiger partial charge in [0, 0.05) is 22.5 Å². The molecule has 0 radical (unpaired) electrons. The summed E-state index contributed by atoms with van der Waals surface area (Å²) in [6.07, 6.45) is 3.18. The number of H-pyrrole nitrogens is 1. The molecule has 2 aromatic heterocycles. The minimum absolute atomic E-state index is 0.341. The van der Waals surface area contributed by atoms with Gasteiger partial charge in [-0.15, -0.1) is 0 Å². The van der Waals surface area contributed by atoms with E-state index >= 15 is 0 Å². The lowest BCUT2D eigenvalue weighted by Gasteiger charge is -2.11. The zero-order valence-electron chi connectivity index (χ0n) is 16.2. The molecule has 0 saturated heterocycles. The zero-order valence-corrected chi connectivity index (χ0v) is 16.2. The van der Waals surface area contributed by atoms with Crippen LogP contribution in [-0.4, -0.2) is 20.4 Å². The number of rotatable bonds is 3. The average Bonchev–Trinajstić information content (AvgIpc) is 2.79. The first-order valence-electron chi connectivity index (χ1n) is 9.56. The largest absolute Gasteiger partial charge is 0.366 e. The maximum atomic E-state index is 13.3. The van der Waals surface area contributed by atoms with Crippen molar-refractivity contribution in [2.24, 2.45) is 5.73 Å². The molecule has 1 amide bonds. The minimum atomic E-state index is -0.573. The Kier molecular flexibility index (Phi) is 4.22. The van der Waals surface area contributed by atoms with Crippen LogP contribution in [0.4, 0.5) is 0 Å². The fourth-order valence-electron chi connectivity index (χ4n) is 3.83. The highest BCUT2D eigenvalue weighted by Gasteiger charge is 2.15. The van der Waals surface area contributed by atoms with Gasteiger partial charge in [-0.2, -0.15) is 0 Å². The number of aromatic amines is 1. The van der Waals surface area contributed by atoms with E-state index in [0.29, 0.717) is 33.3 Å². The first-order valence-corrected chi connectivity index (χ1v) is 9.56. The number of nitrogens with two attached hydrogens (primary N) is 1. The van der Waals surface area contributed by atoms with Crippen LogP contribution in [0.2, 0.25) is 0 Å². The number of fused-ring (bicyclic) bond motifs is 2. The molecule has 3 aromatic carbocycles. The molecule has 0 aliphatic carbocycles. The maximum absolute atomic E-state index is 13.3. The third-order valence-corrected chi connectivity index (χ3v) is 5.29. The monoisotopic (exact) mass is 408 g/mol. The number of pyridine rings is 1. The Balaban J connectivity index is 1.76. The number of amides is 1. The SMILES string of the molecule is NC(=O)c1ccccc1-c1ccc2c(=O)n(-c3cncc4ccccc34)c(=O)[nH]c2c1. The predicted molar refractivity (Wildman–Crippen MR) is 119 cm³/mol. The van der Waals surface area contributed by atoms with Crippen LogP contribution >= 0.6 is 0 Å². The van der Waals surface area contributed by atoms with E-state index in [2.05, 4.69) is 9.97 Å². The summed E-state index contributed by atoms with van der Waals surface area (Å²) in [6.45, 7) is 0. The topological polar surface area (TPSA) is 111 Å². The molecule has 0 aliphatic heterocycles. The highest BCUT2D eigenvalue weighted by molar-refractivity contribution is 6.00. The molecule has 3 N–H and O–H groups in total. The van der Waals surface area contributed by atoms with Gasteiger partial charge in [0.2, 0.25) is 5.91 Å². The fourth-order valence-corrected chi connectivity index (χ4v) is 3.83. The van der Waals surface area contributed by atoms with Crippen LogP contribution in [-0.2, 0) is 0 Å². The molecule has 31 heavy (non-hydrogen) atoms. The molecule has 0 bridgehead atoms. The van der Waals surface area contributed by atoms with E-state index in [9.17, 15) is 14.4 Å². The molecule has 2 heterocycles. The van der Waals surface area contributed by atoms with E-state index in [1.165, 1.54) is 6.20 Å². The molecular formula is C24H16N4O3. The van der Waals surface area contributed by atoms with Crippen LogP contribution in [0.15, 0.2) is 88.7 Å². The number of carbonyl (C=O) groups is 1. The highest BCUT2D eigenvalue weighted by Crippen LogP contribution is 2.26. The minimum Gasteiger partial charge on any atom is -0.366 e. The lowest BCUT2D eigenvalue weighted by Crippen LogP contribution is -2.33. The van der Waals surface area contributed by atoms with Crippen molar-refractivity contribution in [3.05, 3.63) is 106 Å². The van der Waals surface area contributed by atoms with Gasteiger partial charge in [0.05, 0.1) is 22.8 Å². The number of hydrogen-bond donors (Lipinski definition) is 2. The first kappa shape index (κ1) is 18.5. The quantitative estimate of drug-likeness (QED) is 0.478. The molecule has 0 fully saturated rings. The highest BCUT2D eigenvalue weighted by atomic mass is 16.2. The second-order valence-corrected chi connectivity index (χ2v) is 7.12. The van der Waals surface area contributed by atoms with Gasteiger partial charge in [0.25, 0.3) is 5.56 Å². The van der Waals surface area contributed by atoms with Gasteiger partial charge in [0.15, 0.2) is 0 Å². The standard InChI is InChI=1S/C24H16N4O3/c25-22(29)18-8-4-3-6-16(18)14-9-10-19-20(11-14)27-24(31)28(23(19)30)21-13-26-12-15-5-1-2-7-17(15)21/h1-13H,(H2,25,29)(H,27,31). The van der Waals surface area contributed by atoms with Gasteiger partial charge in [0.1, 0.15) is 0 Å². The van der Waals surface area contributed by atoms with E-state index in [4.69, 9.17) is 5.73 Å². The van der Waals surface area contributed by atoms with Crippen LogP contribution in [0.5, 0.6) is 0 Å². The van der Waals surface area contributed by atoms with E-state index in [1.807, 2.05) is 24.3 Å². The third-order valence-electron chi connectivity index (χ3n) is 5.29. The van der Waals surface area contributed by atoms with Crippen LogP contribution in [0, 0.1) is 0 Å². The van der Waals surface area contributed by atoms with Crippen molar-refractivity contribution >= 4 is 27.6 Å². The van der Waals surface area contributed by atoms with Gasteiger partial charge in [-0.1, -0.05) is 48.5 Å². The molecule has 7 heteroatoms. The Morgan fingerprint density at radius 1 is 0.903 bits per heavy atom. The van der Waals surface area contributed by atoms with Crippen LogP contribution < -0.4 is 17.0 Å². The number of aromatic nitrogens is 3. The van der Waals surface area contributed by atoms with E-state index in [0.717, 1.165) is 15.3 Å². The predicted octanol–water partition coefficient (Wildman–Crippen LogP) is 2.99.